The third kappa shape index (κ3) is 14.2. The molecule has 10 heterocycles. The topological polar surface area (TPSA) is 105 Å². The quantitative estimate of drug-likeness (QED) is 0.120. The van der Waals surface area contributed by atoms with Gasteiger partial charge in [0.05, 0.1) is 50.7 Å². The highest BCUT2D eigenvalue weighted by molar-refractivity contribution is 9.11. The monoisotopic (exact) mass is 1650 g/mol. The molecular weight excluding hydrogens is 1590 g/mol. The van der Waals surface area contributed by atoms with Crippen LogP contribution in [0.15, 0.2) is 408 Å². The molecule has 540 valence electrons. The zero-order valence-corrected chi connectivity index (χ0v) is 65.9. The van der Waals surface area contributed by atoms with E-state index in [2.05, 4.69) is 357 Å². The van der Waals surface area contributed by atoms with Gasteiger partial charge in [-0.2, -0.15) is 0 Å². The van der Waals surface area contributed by atoms with E-state index in [1.807, 2.05) is 110 Å². The number of nitrogens with zero attached hydrogens (tertiary/aromatic N) is 10. The summed E-state index contributed by atoms with van der Waals surface area (Å²) in [7, 11) is 0. The van der Waals surface area contributed by atoms with Crippen LogP contribution in [0.1, 0.15) is 0 Å². The minimum Gasteiger partial charge on any atom is -0.294 e. The molecule has 0 amide bonds. The Balaban J connectivity index is 0.000000115. The van der Waals surface area contributed by atoms with Crippen LogP contribution in [0.5, 0.6) is 0 Å². The average molecular weight is 1660 g/mol. The summed E-state index contributed by atoms with van der Waals surface area (Å²) in [5, 5.41) is 6.99. The minimum absolute atomic E-state index is 0.935. The van der Waals surface area contributed by atoms with Crippen LogP contribution in [0.3, 0.4) is 0 Å². The number of rotatable bonds is 12. The second-order valence-corrected chi connectivity index (χ2v) is 30.4. The van der Waals surface area contributed by atoms with Crippen LogP contribution >= 0.6 is 47.8 Å². The van der Waals surface area contributed by atoms with Crippen molar-refractivity contribution in [2.24, 2.45) is 0 Å². The number of aromatic nitrogens is 10. The maximum absolute atomic E-state index is 5.08. The van der Waals surface area contributed by atoms with E-state index in [-0.39, 0.29) is 0 Å². The largest absolute Gasteiger partial charge is 0.294 e. The number of halogens is 3. The Kier molecular flexibility index (Phi) is 19.4. The van der Waals surface area contributed by atoms with Gasteiger partial charge in [0.15, 0.2) is 0 Å². The zero-order chi connectivity index (χ0) is 76.4. The lowest BCUT2D eigenvalue weighted by Gasteiger charge is -2.12. The summed E-state index contributed by atoms with van der Waals surface area (Å²) < 4.78 is 9.81. The van der Waals surface area contributed by atoms with E-state index >= 15 is 0 Å². The van der Waals surface area contributed by atoms with Gasteiger partial charge in [-0.05, 0) is 209 Å². The van der Waals surface area contributed by atoms with Gasteiger partial charge in [0.25, 0.3) is 0 Å². The molecule has 10 nitrogen and oxygen atoms in total. The Morgan fingerprint density at radius 1 is 0.175 bits per heavy atom. The Morgan fingerprint density at radius 2 is 0.447 bits per heavy atom. The molecule has 0 atom stereocenters. The second-order valence-electron chi connectivity index (χ2n) is 27.7. The maximum Gasteiger partial charge on any atom is 0.145 e. The maximum atomic E-state index is 5.08. The average Bonchev–Trinajstić information content (AvgIpc) is 1.60. The van der Waals surface area contributed by atoms with Crippen molar-refractivity contribution in [1.29, 1.82) is 0 Å². The molecule has 0 fully saturated rings. The Labute approximate surface area is 683 Å². The van der Waals surface area contributed by atoms with Gasteiger partial charge < -0.3 is 0 Å². The Morgan fingerprint density at radius 3 is 0.772 bits per heavy atom. The van der Waals surface area contributed by atoms with E-state index in [9.17, 15) is 0 Å². The van der Waals surface area contributed by atoms with E-state index in [1.165, 1.54) is 21.7 Å². The summed E-state index contributed by atoms with van der Waals surface area (Å²) in [5.41, 5.74) is 28.4. The summed E-state index contributed by atoms with van der Waals surface area (Å²) >= 11 is 10.9. The zero-order valence-electron chi connectivity index (χ0n) is 61.1. The molecule has 0 unspecified atom stereocenters. The molecule has 0 aliphatic carbocycles. The lowest BCUT2D eigenvalue weighted by Crippen LogP contribution is -1.96. The molecule has 0 saturated heterocycles. The molecule has 21 aromatic rings. The van der Waals surface area contributed by atoms with Crippen molar-refractivity contribution < 1.29 is 0 Å². The van der Waals surface area contributed by atoms with Crippen LogP contribution < -0.4 is 0 Å². The summed E-state index contributed by atoms with van der Waals surface area (Å²) in [6, 6.07) is 126. The highest BCUT2D eigenvalue weighted by Gasteiger charge is 2.20. The summed E-state index contributed by atoms with van der Waals surface area (Å²) in [5.74, 6) is 0. The van der Waals surface area contributed by atoms with E-state index in [4.69, 9.17) is 24.9 Å². The smallest absolute Gasteiger partial charge is 0.145 e. The molecule has 114 heavy (non-hydrogen) atoms. The molecule has 0 saturated carbocycles. The van der Waals surface area contributed by atoms with Crippen molar-refractivity contribution in [3.05, 3.63) is 408 Å². The molecule has 0 radical (unpaired) electrons. The first kappa shape index (κ1) is 70.7. The fraction of sp³-hybridized carbons (Fsp3) is 0. The van der Waals surface area contributed by atoms with Crippen LogP contribution in [-0.4, -0.2) is 48.6 Å². The van der Waals surface area contributed by atoms with Crippen molar-refractivity contribution >= 4 is 114 Å². The van der Waals surface area contributed by atoms with E-state index < -0.39 is 0 Å². The van der Waals surface area contributed by atoms with Crippen LogP contribution in [0, 0.1) is 0 Å². The lowest BCUT2D eigenvalue weighted by atomic mass is 9.96. The number of pyridine rings is 7. The number of fused-ring (bicyclic) bond motifs is 9. The lowest BCUT2D eigenvalue weighted by molar-refractivity contribution is 1.13. The first-order valence-electron chi connectivity index (χ1n) is 37.4. The minimum atomic E-state index is 0.935. The van der Waals surface area contributed by atoms with Crippen LogP contribution in [0.4, 0.5) is 0 Å². The van der Waals surface area contributed by atoms with Crippen LogP contribution in [0.2, 0.25) is 0 Å². The molecule has 0 aliphatic rings. The SMILES string of the molecule is Brc1ccc2c3cccnc3n(-c3ccc(-c4cc(-c5ccccc5)cc(-c5ccccc5)n4)cc3)c2c1.Brc1ccc2c3cccnc3n(-c3ccc(-c4cc(-c5ccccc5)nc(-c5ccccc5)c4)cc3)c2c1.Brc1ccc2c3cccnc3n(-c3ccc(-c4cc(-c5ccccn5)cc(-c5ccccn5)c4)cc3)c2c1. The third-order valence-corrected chi connectivity index (χ3v) is 22.1. The summed E-state index contributed by atoms with van der Waals surface area (Å²) in [4.78, 5) is 33.5. The molecule has 10 aromatic heterocycles. The van der Waals surface area contributed by atoms with Crippen LogP contribution in [-0.2, 0) is 0 Å². The van der Waals surface area contributed by atoms with Gasteiger partial charge in [-0.3, -0.25) is 23.7 Å². The van der Waals surface area contributed by atoms with Crippen molar-refractivity contribution in [3.63, 3.8) is 0 Å². The first-order valence-corrected chi connectivity index (χ1v) is 39.8. The van der Waals surface area contributed by atoms with Gasteiger partial charge in [0.2, 0.25) is 0 Å². The molecule has 0 aliphatic heterocycles. The van der Waals surface area contributed by atoms with Crippen molar-refractivity contribution in [2.45, 2.75) is 0 Å². The molecule has 21 rings (SSSR count). The first-order chi connectivity index (χ1) is 56.2. The number of hydrogen-bond acceptors (Lipinski definition) is 7. The van der Waals surface area contributed by atoms with Gasteiger partial charge in [0.1, 0.15) is 16.9 Å². The second kappa shape index (κ2) is 31.2. The number of hydrogen-bond donors (Lipinski definition) is 0. The molecular formula is C101H65Br3N10. The van der Waals surface area contributed by atoms with Gasteiger partial charge in [0, 0.05) is 127 Å². The fourth-order valence-corrected chi connectivity index (χ4v) is 16.3. The standard InChI is InChI=1S/2C34H22BrN3.C33H21BrN4/c35-27-15-18-29-30-12-7-19-36-34(30)38(33(29)22-27)28-16-13-23(14-17-28)26-20-31(24-8-3-1-4-9-24)37-32(21-26)25-10-5-2-6-11-25;35-27-15-18-29-30-12-7-19-36-34(30)38(33(29)22-27)28-16-13-25(14-17-28)32-21-26(23-8-3-1-4-9-23)20-31(37-32)24-10-5-2-6-11-24;34-26-11-14-28-29-6-5-17-37-33(29)38(32(28)21-26)27-12-9-22(10-13-27)23-18-24(30-7-1-3-15-35-30)20-25(19-23)31-8-2-4-16-36-31/h2*1-22H;1-21H. The summed E-state index contributed by atoms with van der Waals surface area (Å²) in [6.07, 6.45) is 9.22. The molecule has 11 aromatic carbocycles. The number of benzene rings is 11. The predicted octanol–water partition coefficient (Wildman–Crippen LogP) is 27.4. The third-order valence-electron chi connectivity index (χ3n) is 20.6. The molecule has 13 heteroatoms. The van der Waals surface area contributed by atoms with Gasteiger partial charge >= 0.3 is 0 Å². The Hall–Kier alpha value is -13.7. The summed E-state index contributed by atoms with van der Waals surface area (Å²) in [6.45, 7) is 0. The van der Waals surface area contributed by atoms with Crippen LogP contribution in [0.25, 0.3) is 184 Å². The van der Waals surface area contributed by atoms with Gasteiger partial charge in [-0.25, -0.2) is 24.9 Å². The van der Waals surface area contributed by atoms with Crippen molar-refractivity contribution in [3.8, 4) is 118 Å². The van der Waals surface area contributed by atoms with E-state index in [0.717, 1.165) is 175 Å². The van der Waals surface area contributed by atoms with Crippen molar-refractivity contribution in [2.75, 3.05) is 0 Å². The Bertz CT molecular complexity index is 6230. The van der Waals surface area contributed by atoms with Gasteiger partial charge in [-0.1, -0.05) is 236 Å². The predicted molar refractivity (Wildman–Crippen MR) is 479 cm³/mol. The van der Waals surface area contributed by atoms with Crippen molar-refractivity contribution in [1.82, 2.24) is 48.6 Å². The molecule has 0 N–H and O–H groups in total. The molecule has 0 spiro atoms. The van der Waals surface area contributed by atoms with Gasteiger partial charge in [-0.15, -0.1) is 0 Å². The normalized spacial score (nSPS) is 11.3. The highest BCUT2D eigenvalue weighted by atomic mass is 79.9. The highest BCUT2D eigenvalue weighted by Crippen LogP contribution is 2.41. The van der Waals surface area contributed by atoms with E-state index in [0.29, 0.717) is 0 Å². The van der Waals surface area contributed by atoms with E-state index in [1.54, 1.807) is 0 Å². The fourth-order valence-electron chi connectivity index (χ4n) is 15.2. The molecule has 0 bridgehead atoms.